The molecule has 1 N–H and O–H groups in total. The maximum absolute atomic E-state index is 13.2. The summed E-state index contributed by atoms with van der Waals surface area (Å²) in [6, 6.07) is 12.8. The molecule has 0 heterocycles. The Labute approximate surface area is 178 Å². The molecule has 30 heavy (non-hydrogen) atoms. The minimum absolute atomic E-state index is 0.186. The first kappa shape index (κ1) is 23.4. The number of nitrogens with one attached hydrogen (secondary N) is 1. The van der Waals surface area contributed by atoms with Gasteiger partial charge in [0, 0.05) is 13.1 Å². The standard InChI is InChI=1S/C24H31FN2O3/c1-5-19-8-12-22(13-9-19)30-16-23(28)27(15-20-6-10-21(25)11-7-20)18(4)24(29)26-14-17(2)3/h6-13,17-18H,5,14-16H2,1-4H3,(H,26,29)/t18-/m1/s1. The highest BCUT2D eigenvalue weighted by Gasteiger charge is 2.26. The van der Waals surface area contributed by atoms with Crippen LogP contribution >= 0.6 is 0 Å². The first-order valence-electron chi connectivity index (χ1n) is 10.3. The van der Waals surface area contributed by atoms with E-state index in [0.29, 0.717) is 18.2 Å². The lowest BCUT2D eigenvalue weighted by molar-refractivity contribution is -0.142. The van der Waals surface area contributed by atoms with Gasteiger partial charge in [-0.3, -0.25) is 9.59 Å². The van der Waals surface area contributed by atoms with E-state index in [0.717, 1.165) is 12.0 Å². The van der Waals surface area contributed by atoms with E-state index < -0.39 is 6.04 Å². The fraction of sp³-hybridized carbons (Fsp3) is 0.417. The molecule has 0 saturated carbocycles. The summed E-state index contributed by atoms with van der Waals surface area (Å²) in [5.41, 5.74) is 1.92. The third kappa shape index (κ3) is 7.17. The molecule has 5 nitrogen and oxygen atoms in total. The number of amides is 2. The molecule has 2 amide bonds. The van der Waals surface area contributed by atoms with Crippen molar-refractivity contribution in [2.75, 3.05) is 13.2 Å². The number of ether oxygens (including phenoxy) is 1. The molecule has 6 heteroatoms. The molecule has 0 spiro atoms. The zero-order valence-corrected chi connectivity index (χ0v) is 18.2. The van der Waals surface area contributed by atoms with E-state index in [4.69, 9.17) is 4.74 Å². The van der Waals surface area contributed by atoms with Gasteiger partial charge in [0.05, 0.1) is 0 Å². The van der Waals surface area contributed by atoms with Crippen LogP contribution in [0.15, 0.2) is 48.5 Å². The molecule has 0 aliphatic carbocycles. The van der Waals surface area contributed by atoms with Crippen molar-refractivity contribution < 1.29 is 18.7 Å². The van der Waals surface area contributed by atoms with Gasteiger partial charge in [-0.1, -0.05) is 45.0 Å². The van der Waals surface area contributed by atoms with Gasteiger partial charge >= 0.3 is 0 Å². The van der Waals surface area contributed by atoms with Crippen LogP contribution in [0.3, 0.4) is 0 Å². The van der Waals surface area contributed by atoms with Crippen LogP contribution in [-0.4, -0.2) is 35.9 Å². The number of hydrogen-bond acceptors (Lipinski definition) is 3. The number of hydrogen-bond donors (Lipinski definition) is 1. The molecule has 0 saturated heterocycles. The summed E-state index contributed by atoms with van der Waals surface area (Å²) in [4.78, 5) is 27.0. The van der Waals surface area contributed by atoms with E-state index in [1.54, 1.807) is 19.1 Å². The summed E-state index contributed by atoms with van der Waals surface area (Å²) >= 11 is 0. The van der Waals surface area contributed by atoms with Crippen molar-refractivity contribution in [3.05, 3.63) is 65.5 Å². The van der Waals surface area contributed by atoms with Crippen LogP contribution in [-0.2, 0) is 22.6 Å². The molecule has 0 aliphatic rings. The van der Waals surface area contributed by atoms with Gasteiger partial charge in [-0.05, 0) is 54.7 Å². The molecule has 2 aromatic carbocycles. The smallest absolute Gasteiger partial charge is 0.261 e. The summed E-state index contributed by atoms with van der Waals surface area (Å²) in [5.74, 6) is 0.00628. The zero-order chi connectivity index (χ0) is 22.1. The highest BCUT2D eigenvalue weighted by molar-refractivity contribution is 5.87. The molecule has 2 rings (SSSR count). The Morgan fingerprint density at radius 3 is 2.17 bits per heavy atom. The normalized spacial score (nSPS) is 11.8. The van der Waals surface area contributed by atoms with E-state index in [2.05, 4.69) is 12.2 Å². The molecule has 0 aliphatic heterocycles. The van der Waals surface area contributed by atoms with Crippen LogP contribution in [0.2, 0.25) is 0 Å². The van der Waals surface area contributed by atoms with E-state index in [1.807, 2.05) is 38.1 Å². The van der Waals surface area contributed by atoms with Crippen molar-refractivity contribution in [3.8, 4) is 5.75 Å². The van der Waals surface area contributed by atoms with Crippen molar-refractivity contribution >= 4 is 11.8 Å². The Hall–Kier alpha value is -2.89. The number of rotatable bonds is 10. The van der Waals surface area contributed by atoms with Crippen molar-refractivity contribution in [1.82, 2.24) is 10.2 Å². The van der Waals surface area contributed by atoms with Crippen molar-refractivity contribution in [3.63, 3.8) is 0 Å². The molecule has 1 atom stereocenters. The average molecular weight is 415 g/mol. The van der Waals surface area contributed by atoms with Gasteiger partial charge in [-0.15, -0.1) is 0 Å². The minimum atomic E-state index is -0.688. The van der Waals surface area contributed by atoms with Gasteiger partial charge in [0.25, 0.3) is 5.91 Å². The maximum atomic E-state index is 13.2. The number of halogens is 1. The Balaban J connectivity index is 2.10. The van der Waals surface area contributed by atoms with Crippen molar-refractivity contribution in [1.29, 1.82) is 0 Å². The molecule has 0 radical (unpaired) electrons. The molecule has 0 aromatic heterocycles. The number of benzene rings is 2. The second-order valence-corrected chi connectivity index (χ2v) is 7.75. The lowest BCUT2D eigenvalue weighted by Gasteiger charge is -2.29. The molecule has 0 unspecified atom stereocenters. The Morgan fingerprint density at radius 1 is 1.00 bits per heavy atom. The molecule has 0 bridgehead atoms. The van der Waals surface area contributed by atoms with Crippen LogP contribution in [0, 0.1) is 11.7 Å². The lowest BCUT2D eigenvalue weighted by Crippen LogP contribution is -2.49. The van der Waals surface area contributed by atoms with Crippen LogP contribution in [0.25, 0.3) is 0 Å². The van der Waals surface area contributed by atoms with E-state index in [1.165, 1.54) is 22.6 Å². The monoisotopic (exact) mass is 414 g/mol. The predicted molar refractivity (Wildman–Crippen MR) is 116 cm³/mol. The molecular weight excluding hydrogens is 383 g/mol. The van der Waals surface area contributed by atoms with Gasteiger partial charge in [0.1, 0.15) is 17.6 Å². The van der Waals surface area contributed by atoms with Gasteiger partial charge in [0.2, 0.25) is 5.91 Å². The Kier molecular flexibility index (Phi) is 8.84. The van der Waals surface area contributed by atoms with E-state index >= 15 is 0 Å². The van der Waals surface area contributed by atoms with E-state index in [-0.39, 0.29) is 30.8 Å². The van der Waals surface area contributed by atoms with Crippen LogP contribution in [0.1, 0.15) is 38.8 Å². The summed E-state index contributed by atoms with van der Waals surface area (Å²) in [6.45, 7) is 8.30. The summed E-state index contributed by atoms with van der Waals surface area (Å²) < 4.78 is 18.9. The largest absolute Gasteiger partial charge is 0.484 e. The Bertz CT molecular complexity index is 819. The maximum Gasteiger partial charge on any atom is 0.261 e. The summed E-state index contributed by atoms with van der Waals surface area (Å²) in [7, 11) is 0. The molecule has 2 aromatic rings. The quantitative estimate of drug-likeness (QED) is 0.640. The fourth-order valence-corrected chi connectivity index (χ4v) is 2.87. The van der Waals surface area contributed by atoms with Gasteiger partial charge < -0.3 is 15.0 Å². The molecule has 0 fully saturated rings. The summed E-state index contributed by atoms with van der Waals surface area (Å²) in [5, 5.41) is 2.86. The van der Waals surface area contributed by atoms with Crippen LogP contribution < -0.4 is 10.1 Å². The van der Waals surface area contributed by atoms with Crippen LogP contribution in [0.4, 0.5) is 4.39 Å². The lowest BCUT2D eigenvalue weighted by atomic mass is 10.1. The minimum Gasteiger partial charge on any atom is -0.484 e. The second-order valence-electron chi connectivity index (χ2n) is 7.75. The third-order valence-corrected chi connectivity index (χ3v) is 4.81. The number of nitrogens with zero attached hydrogens (tertiary/aromatic N) is 1. The van der Waals surface area contributed by atoms with E-state index in [9.17, 15) is 14.0 Å². The van der Waals surface area contributed by atoms with Gasteiger partial charge in [-0.25, -0.2) is 4.39 Å². The van der Waals surface area contributed by atoms with Gasteiger partial charge in [0.15, 0.2) is 6.61 Å². The first-order valence-corrected chi connectivity index (χ1v) is 10.3. The topological polar surface area (TPSA) is 58.6 Å². The number of aryl methyl sites for hydroxylation is 1. The van der Waals surface area contributed by atoms with Gasteiger partial charge in [-0.2, -0.15) is 0 Å². The third-order valence-electron chi connectivity index (χ3n) is 4.81. The fourth-order valence-electron chi connectivity index (χ4n) is 2.87. The highest BCUT2D eigenvalue weighted by atomic mass is 19.1. The predicted octanol–water partition coefficient (Wildman–Crippen LogP) is 3.96. The highest BCUT2D eigenvalue weighted by Crippen LogP contribution is 2.15. The summed E-state index contributed by atoms with van der Waals surface area (Å²) in [6.07, 6.45) is 0.924. The second kappa shape index (κ2) is 11.3. The zero-order valence-electron chi connectivity index (χ0n) is 18.2. The SMILES string of the molecule is CCc1ccc(OCC(=O)N(Cc2ccc(F)cc2)[C@H](C)C(=O)NCC(C)C)cc1. The van der Waals surface area contributed by atoms with Crippen LogP contribution in [0.5, 0.6) is 5.75 Å². The average Bonchev–Trinajstić information content (AvgIpc) is 2.75. The van der Waals surface area contributed by atoms with Crippen molar-refractivity contribution in [2.24, 2.45) is 5.92 Å². The number of carbonyl (C=O) groups is 2. The first-order chi connectivity index (χ1) is 14.3. The number of carbonyl (C=O) groups excluding carboxylic acids is 2. The molecule has 162 valence electrons. The molecular formula is C24H31FN2O3. The Morgan fingerprint density at radius 2 is 1.60 bits per heavy atom. The van der Waals surface area contributed by atoms with Crippen molar-refractivity contribution in [2.45, 2.75) is 46.7 Å².